The monoisotopic (exact) mass is 563 g/mol. The lowest BCUT2D eigenvalue weighted by molar-refractivity contribution is -0.157. The van der Waals surface area contributed by atoms with E-state index in [1.165, 1.54) is 0 Å². The summed E-state index contributed by atoms with van der Waals surface area (Å²) in [7, 11) is 0. The molecule has 4 aliphatic heterocycles. The van der Waals surface area contributed by atoms with Crippen molar-refractivity contribution in [2.45, 2.75) is 89.8 Å². The van der Waals surface area contributed by atoms with Gasteiger partial charge in [-0.3, -0.25) is 14.4 Å². The van der Waals surface area contributed by atoms with Crippen molar-refractivity contribution in [3.05, 3.63) is 60.2 Å². The van der Waals surface area contributed by atoms with Crippen LogP contribution in [0.5, 0.6) is 0 Å². The zero-order valence-electron chi connectivity index (χ0n) is 25.0. The fraction of sp³-hybridized carbons (Fsp3) is 0.606. The molecule has 0 aromatic heterocycles. The first-order valence-electron chi connectivity index (χ1n) is 15.2. The van der Waals surface area contributed by atoms with Crippen molar-refractivity contribution in [3.63, 3.8) is 0 Å². The number of rotatable bonds is 9. The van der Waals surface area contributed by atoms with Crippen molar-refractivity contribution < 1.29 is 24.2 Å². The quantitative estimate of drug-likeness (QED) is 0.464. The van der Waals surface area contributed by atoms with Gasteiger partial charge in [0.05, 0.1) is 30.1 Å². The Morgan fingerprint density at radius 2 is 1.68 bits per heavy atom. The zero-order valence-corrected chi connectivity index (χ0v) is 25.0. The maximum absolute atomic E-state index is 14.6. The molecule has 2 saturated heterocycles. The number of nitrogens with zero attached hydrogens (tertiary/aromatic N) is 3. The number of fused-ring (bicyclic) bond motifs is 2. The van der Waals surface area contributed by atoms with Crippen molar-refractivity contribution in [2.24, 2.45) is 17.8 Å². The van der Waals surface area contributed by atoms with Crippen molar-refractivity contribution >= 4 is 17.7 Å². The van der Waals surface area contributed by atoms with Crippen LogP contribution in [0.25, 0.3) is 0 Å². The summed E-state index contributed by atoms with van der Waals surface area (Å²) in [5, 5.41) is 10.5. The molecule has 0 radical (unpaired) electrons. The molecule has 2 fully saturated rings. The van der Waals surface area contributed by atoms with E-state index in [0.717, 1.165) is 18.4 Å². The summed E-state index contributed by atoms with van der Waals surface area (Å²) in [5.74, 6) is -2.10. The highest BCUT2D eigenvalue weighted by Gasteiger charge is 2.75. The summed E-state index contributed by atoms with van der Waals surface area (Å²) in [6.07, 6.45) is 10.00. The van der Waals surface area contributed by atoms with E-state index in [4.69, 9.17) is 4.74 Å². The van der Waals surface area contributed by atoms with E-state index >= 15 is 0 Å². The summed E-state index contributed by atoms with van der Waals surface area (Å²) in [6, 6.07) is 8.29. The molecular formula is C33H45N3O5. The minimum absolute atomic E-state index is 0.0219. The lowest BCUT2D eigenvalue weighted by Crippen LogP contribution is -2.59. The van der Waals surface area contributed by atoms with E-state index < -0.39 is 35.1 Å². The molecule has 0 bridgehead atoms. The molecule has 222 valence electrons. The van der Waals surface area contributed by atoms with Crippen molar-refractivity contribution in [1.29, 1.82) is 0 Å². The Bertz CT molecular complexity index is 1210. The van der Waals surface area contributed by atoms with Crippen LogP contribution in [0, 0.1) is 17.8 Å². The normalized spacial score (nSPS) is 32.6. The fourth-order valence-corrected chi connectivity index (χ4v) is 7.66. The fourth-order valence-electron chi connectivity index (χ4n) is 7.66. The van der Waals surface area contributed by atoms with E-state index in [0.29, 0.717) is 26.1 Å². The van der Waals surface area contributed by atoms with Crippen LogP contribution < -0.4 is 0 Å². The molecule has 1 spiro atoms. The Morgan fingerprint density at radius 1 is 0.976 bits per heavy atom. The van der Waals surface area contributed by atoms with Crippen LogP contribution in [-0.2, 0) is 25.7 Å². The van der Waals surface area contributed by atoms with Crippen LogP contribution >= 0.6 is 0 Å². The topological polar surface area (TPSA) is 90.4 Å². The third-order valence-electron chi connectivity index (χ3n) is 9.41. The molecule has 7 atom stereocenters. The van der Waals surface area contributed by atoms with Crippen LogP contribution in [0.1, 0.15) is 59.4 Å². The molecule has 1 aromatic rings. The smallest absolute Gasteiger partial charge is 0.249 e. The number of ether oxygens (including phenoxy) is 1. The van der Waals surface area contributed by atoms with Gasteiger partial charge < -0.3 is 24.5 Å². The molecule has 2 unspecified atom stereocenters. The SMILES string of the molecule is CCCC(C)N1CC=C[C@]23O[C@@]4(C)C=CCN(Cc5ccccc5)C(=O)[C@H]4[C@H]2C(=O)N([C@@H](CO)CC(C)C)C3C1=O. The van der Waals surface area contributed by atoms with Gasteiger partial charge in [-0.15, -0.1) is 0 Å². The molecule has 0 aliphatic carbocycles. The second-order valence-electron chi connectivity index (χ2n) is 12.8. The Labute approximate surface area is 244 Å². The van der Waals surface area contributed by atoms with Gasteiger partial charge in [0.1, 0.15) is 11.6 Å². The highest BCUT2D eigenvalue weighted by atomic mass is 16.5. The number of hydrogen-bond donors (Lipinski definition) is 1. The molecule has 3 amide bonds. The number of likely N-dealkylation sites (tertiary alicyclic amines) is 1. The van der Waals surface area contributed by atoms with Gasteiger partial charge in [0.2, 0.25) is 17.7 Å². The number of aliphatic hydroxyl groups excluding tert-OH is 1. The number of carbonyl (C=O) groups is 3. The predicted octanol–water partition coefficient (Wildman–Crippen LogP) is 3.55. The van der Waals surface area contributed by atoms with Gasteiger partial charge in [-0.05, 0) is 38.2 Å². The van der Waals surface area contributed by atoms with Crippen LogP contribution in [-0.4, -0.2) is 86.6 Å². The highest BCUT2D eigenvalue weighted by Crippen LogP contribution is 2.58. The second kappa shape index (κ2) is 11.4. The molecule has 41 heavy (non-hydrogen) atoms. The van der Waals surface area contributed by atoms with E-state index in [1.54, 1.807) is 9.80 Å². The number of aliphatic hydroxyl groups is 1. The molecular weight excluding hydrogens is 518 g/mol. The lowest BCUT2D eigenvalue weighted by atomic mass is 9.74. The predicted molar refractivity (Wildman–Crippen MR) is 156 cm³/mol. The van der Waals surface area contributed by atoms with Gasteiger partial charge in [0.15, 0.2) is 0 Å². The maximum Gasteiger partial charge on any atom is 0.249 e. The molecule has 4 aliphatic rings. The molecule has 0 saturated carbocycles. The summed E-state index contributed by atoms with van der Waals surface area (Å²) in [4.78, 5) is 48.8. The van der Waals surface area contributed by atoms with Gasteiger partial charge in [-0.2, -0.15) is 0 Å². The minimum atomic E-state index is -1.31. The van der Waals surface area contributed by atoms with Gasteiger partial charge in [0, 0.05) is 25.7 Å². The van der Waals surface area contributed by atoms with Crippen molar-refractivity contribution in [3.8, 4) is 0 Å². The van der Waals surface area contributed by atoms with Gasteiger partial charge in [0.25, 0.3) is 0 Å². The standard InChI is InChI=1S/C33H45N3O5/c1-6-12-23(4)35-18-11-16-33-27(30(39)36(28(33)31(35)40)25(21-37)19-22(2)3)26-29(38)34(17-10-15-32(26,5)41-33)20-24-13-8-7-9-14-24/h7-11,13-16,22-23,25-28,37H,6,12,17-21H2,1-5H3/t23?,25-,26-,27+,28?,32+,33+/m1/s1. The Hall–Kier alpha value is -2.97. The Morgan fingerprint density at radius 3 is 2.34 bits per heavy atom. The Kier molecular flexibility index (Phi) is 8.18. The first-order chi connectivity index (χ1) is 19.6. The number of benzene rings is 1. The first kappa shape index (κ1) is 29.5. The van der Waals surface area contributed by atoms with Gasteiger partial charge >= 0.3 is 0 Å². The van der Waals surface area contributed by atoms with Crippen LogP contribution in [0.2, 0.25) is 0 Å². The first-order valence-corrected chi connectivity index (χ1v) is 15.2. The third-order valence-corrected chi connectivity index (χ3v) is 9.41. The molecule has 4 heterocycles. The van der Waals surface area contributed by atoms with Gasteiger partial charge in [-0.25, -0.2) is 0 Å². The summed E-state index contributed by atoms with van der Waals surface area (Å²) >= 11 is 0. The maximum atomic E-state index is 14.6. The molecule has 1 aromatic carbocycles. The van der Waals surface area contributed by atoms with Crippen molar-refractivity contribution in [1.82, 2.24) is 14.7 Å². The summed E-state index contributed by atoms with van der Waals surface area (Å²) in [5.41, 5.74) is -1.37. The number of hydrogen-bond acceptors (Lipinski definition) is 5. The van der Waals surface area contributed by atoms with Crippen molar-refractivity contribution in [2.75, 3.05) is 19.7 Å². The molecule has 1 N–H and O–H groups in total. The number of amides is 3. The van der Waals surface area contributed by atoms with Crippen LogP contribution in [0.3, 0.4) is 0 Å². The second-order valence-corrected chi connectivity index (χ2v) is 12.8. The summed E-state index contributed by atoms with van der Waals surface area (Å²) in [6.45, 7) is 11.1. The lowest BCUT2D eigenvalue weighted by Gasteiger charge is -2.41. The van der Waals surface area contributed by atoms with Crippen LogP contribution in [0.4, 0.5) is 0 Å². The molecule has 8 nitrogen and oxygen atoms in total. The average molecular weight is 564 g/mol. The van der Waals surface area contributed by atoms with E-state index in [-0.39, 0.29) is 36.3 Å². The van der Waals surface area contributed by atoms with E-state index in [9.17, 15) is 19.5 Å². The third kappa shape index (κ3) is 4.93. The van der Waals surface area contributed by atoms with Gasteiger partial charge in [-0.1, -0.05) is 81.8 Å². The van der Waals surface area contributed by atoms with E-state index in [2.05, 4.69) is 6.92 Å². The molecule has 8 heteroatoms. The summed E-state index contributed by atoms with van der Waals surface area (Å²) < 4.78 is 6.94. The minimum Gasteiger partial charge on any atom is -0.394 e. The van der Waals surface area contributed by atoms with E-state index in [1.807, 2.05) is 87.2 Å². The number of carbonyl (C=O) groups excluding carboxylic acids is 3. The average Bonchev–Trinajstić information content (AvgIpc) is 3.21. The zero-order chi connectivity index (χ0) is 29.5. The highest BCUT2D eigenvalue weighted by molar-refractivity contribution is 6.00. The Balaban J connectivity index is 1.61. The largest absolute Gasteiger partial charge is 0.394 e. The molecule has 5 rings (SSSR count). The van der Waals surface area contributed by atoms with Crippen LogP contribution in [0.15, 0.2) is 54.6 Å².